The lowest BCUT2D eigenvalue weighted by molar-refractivity contribution is -0.136. The van der Waals surface area contributed by atoms with Crippen molar-refractivity contribution in [2.24, 2.45) is 5.10 Å². The van der Waals surface area contributed by atoms with E-state index in [-0.39, 0.29) is 0 Å². The molecule has 0 aliphatic rings. The molecule has 0 saturated heterocycles. The number of ether oxygens (including phenoxy) is 1. The van der Waals surface area contributed by atoms with Gasteiger partial charge in [0.25, 0.3) is 0 Å². The standard InChI is InChI=1S/C26H21N3O3/c30-25(26(31)29-27-17-21-11-6-10-20-9-4-5-12-24(20)21)28-22-13-15-23(16-14-22)32-18-19-7-2-1-3-8-19/h1-17H,18H2,(H,28,30)(H,29,31)/b27-17-. The number of fused-ring (bicyclic) bond motifs is 1. The Hall–Kier alpha value is -4.45. The van der Waals surface area contributed by atoms with Crippen LogP contribution >= 0.6 is 0 Å². The monoisotopic (exact) mass is 423 g/mol. The normalized spacial score (nSPS) is 10.8. The number of nitrogens with zero attached hydrogens (tertiary/aromatic N) is 1. The Bertz CT molecular complexity index is 1250. The minimum atomic E-state index is -0.856. The number of nitrogens with one attached hydrogen (secondary N) is 2. The van der Waals surface area contributed by atoms with Crippen LogP contribution in [0.15, 0.2) is 102 Å². The predicted molar refractivity (Wildman–Crippen MR) is 126 cm³/mol. The van der Waals surface area contributed by atoms with Crippen molar-refractivity contribution < 1.29 is 14.3 Å². The summed E-state index contributed by atoms with van der Waals surface area (Å²) < 4.78 is 5.71. The van der Waals surface area contributed by atoms with E-state index >= 15 is 0 Å². The summed E-state index contributed by atoms with van der Waals surface area (Å²) in [6.07, 6.45) is 1.52. The average molecular weight is 423 g/mol. The van der Waals surface area contributed by atoms with Gasteiger partial charge in [0.05, 0.1) is 6.21 Å². The van der Waals surface area contributed by atoms with Gasteiger partial charge in [-0.2, -0.15) is 5.10 Å². The van der Waals surface area contributed by atoms with Crippen molar-refractivity contribution in [2.75, 3.05) is 5.32 Å². The molecule has 0 aromatic heterocycles. The quantitative estimate of drug-likeness (QED) is 0.272. The van der Waals surface area contributed by atoms with E-state index < -0.39 is 11.8 Å². The van der Waals surface area contributed by atoms with Gasteiger partial charge in [-0.1, -0.05) is 72.8 Å². The average Bonchev–Trinajstić information content (AvgIpc) is 2.84. The molecule has 4 rings (SSSR count). The second kappa shape index (κ2) is 10.0. The van der Waals surface area contributed by atoms with Crippen LogP contribution in [0.2, 0.25) is 0 Å². The van der Waals surface area contributed by atoms with E-state index in [0.29, 0.717) is 18.0 Å². The van der Waals surface area contributed by atoms with Gasteiger partial charge in [-0.15, -0.1) is 0 Å². The van der Waals surface area contributed by atoms with Gasteiger partial charge >= 0.3 is 11.8 Å². The topological polar surface area (TPSA) is 79.8 Å². The minimum absolute atomic E-state index is 0.448. The Kier molecular flexibility index (Phi) is 6.53. The van der Waals surface area contributed by atoms with Gasteiger partial charge in [-0.25, -0.2) is 5.43 Å². The largest absolute Gasteiger partial charge is 0.489 e. The van der Waals surface area contributed by atoms with Crippen LogP contribution < -0.4 is 15.5 Å². The number of carbonyl (C=O) groups excluding carboxylic acids is 2. The van der Waals surface area contributed by atoms with Crippen molar-refractivity contribution in [1.82, 2.24) is 5.43 Å². The molecule has 0 spiro atoms. The maximum atomic E-state index is 12.1. The SMILES string of the molecule is O=C(N/N=C\c1cccc2ccccc12)C(=O)Nc1ccc(OCc2ccccc2)cc1. The minimum Gasteiger partial charge on any atom is -0.489 e. The predicted octanol–water partition coefficient (Wildman–Crippen LogP) is 4.51. The van der Waals surface area contributed by atoms with Crippen LogP contribution in [0, 0.1) is 0 Å². The second-order valence-electron chi connectivity index (χ2n) is 7.02. The summed E-state index contributed by atoms with van der Waals surface area (Å²) in [5, 5.41) is 8.53. The van der Waals surface area contributed by atoms with E-state index in [2.05, 4.69) is 15.8 Å². The summed E-state index contributed by atoms with van der Waals surface area (Å²) >= 11 is 0. The molecular weight excluding hydrogens is 402 g/mol. The zero-order valence-corrected chi connectivity index (χ0v) is 17.2. The number of rotatable bonds is 6. The third-order valence-electron chi connectivity index (χ3n) is 4.76. The maximum absolute atomic E-state index is 12.1. The number of benzene rings is 4. The van der Waals surface area contributed by atoms with Gasteiger partial charge in [0.1, 0.15) is 12.4 Å². The Balaban J connectivity index is 1.29. The van der Waals surface area contributed by atoms with Crippen molar-refractivity contribution in [1.29, 1.82) is 0 Å². The van der Waals surface area contributed by atoms with Crippen LogP contribution in [0.4, 0.5) is 5.69 Å². The lowest BCUT2D eigenvalue weighted by atomic mass is 10.1. The molecular formula is C26H21N3O3. The van der Waals surface area contributed by atoms with Crippen molar-refractivity contribution in [3.05, 3.63) is 108 Å². The van der Waals surface area contributed by atoms with Crippen LogP contribution in [-0.2, 0) is 16.2 Å². The molecule has 0 bridgehead atoms. The van der Waals surface area contributed by atoms with Crippen molar-refractivity contribution in [3.63, 3.8) is 0 Å². The Morgan fingerprint density at radius 1 is 0.781 bits per heavy atom. The zero-order chi connectivity index (χ0) is 22.2. The van der Waals surface area contributed by atoms with E-state index in [9.17, 15) is 9.59 Å². The first-order chi connectivity index (χ1) is 15.7. The van der Waals surface area contributed by atoms with E-state index in [1.807, 2.05) is 72.8 Å². The molecule has 0 atom stereocenters. The van der Waals surface area contributed by atoms with Gasteiger partial charge in [-0.3, -0.25) is 9.59 Å². The van der Waals surface area contributed by atoms with Crippen molar-refractivity contribution in [2.45, 2.75) is 6.61 Å². The molecule has 0 aliphatic carbocycles. The summed E-state index contributed by atoms with van der Waals surface area (Å²) in [5.74, 6) is -1.00. The van der Waals surface area contributed by atoms with Crippen LogP contribution in [0.1, 0.15) is 11.1 Å². The Labute approximate surface area is 185 Å². The summed E-state index contributed by atoms with van der Waals surface area (Å²) in [4.78, 5) is 24.2. The first-order valence-corrected chi connectivity index (χ1v) is 10.1. The third-order valence-corrected chi connectivity index (χ3v) is 4.76. The molecule has 0 aliphatic heterocycles. The highest BCUT2D eigenvalue weighted by molar-refractivity contribution is 6.39. The molecule has 2 amide bonds. The first-order valence-electron chi connectivity index (χ1n) is 10.1. The molecule has 32 heavy (non-hydrogen) atoms. The third kappa shape index (κ3) is 5.37. The molecule has 4 aromatic rings. The smallest absolute Gasteiger partial charge is 0.329 e. The highest BCUT2D eigenvalue weighted by Crippen LogP contribution is 2.18. The van der Waals surface area contributed by atoms with Crippen LogP contribution in [0.5, 0.6) is 5.75 Å². The van der Waals surface area contributed by atoms with E-state index in [1.54, 1.807) is 24.3 Å². The van der Waals surface area contributed by atoms with Crippen LogP contribution in [-0.4, -0.2) is 18.0 Å². The van der Waals surface area contributed by atoms with E-state index in [1.165, 1.54) is 6.21 Å². The summed E-state index contributed by atoms with van der Waals surface area (Å²) in [6.45, 7) is 0.448. The molecule has 0 unspecified atom stereocenters. The van der Waals surface area contributed by atoms with E-state index in [4.69, 9.17) is 4.74 Å². The number of amides is 2. The molecule has 2 N–H and O–H groups in total. The highest BCUT2D eigenvalue weighted by Gasteiger charge is 2.13. The number of hydrogen-bond acceptors (Lipinski definition) is 4. The summed E-state index contributed by atoms with van der Waals surface area (Å²) in [6, 6.07) is 30.3. The molecule has 6 heteroatoms. The number of hydrogen-bond donors (Lipinski definition) is 2. The molecule has 0 saturated carbocycles. The molecule has 0 fully saturated rings. The molecule has 4 aromatic carbocycles. The molecule has 158 valence electrons. The fourth-order valence-corrected chi connectivity index (χ4v) is 3.14. The molecule has 0 radical (unpaired) electrons. The van der Waals surface area contributed by atoms with Crippen LogP contribution in [0.25, 0.3) is 10.8 Å². The van der Waals surface area contributed by atoms with Gasteiger partial charge in [-0.05, 0) is 40.6 Å². The Morgan fingerprint density at radius 3 is 2.31 bits per heavy atom. The fraction of sp³-hybridized carbons (Fsp3) is 0.0385. The maximum Gasteiger partial charge on any atom is 0.329 e. The number of carbonyl (C=O) groups is 2. The zero-order valence-electron chi connectivity index (χ0n) is 17.2. The summed E-state index contributed by atoms with van der Waals surface area (Å²) in [7, 11) is 0. The van der Waals surface area contributed by atoms with Gasteiger partial charge < -0.3 is 10.1 Å². The highest BCUT2D eigenvalue weighted by atomic mass is 16.5. The molecule has 0 heterocycles. The lowest BCUT2D eigenvalue weighted by Crippen LogP contribution is -2.32. The van der Waals surface area contributed by atoms with Gasteiger partial charge in [0.15, 0.2) is 0 Å². The Morgan fingerprint density at radius 2 is 1.50 bits per heavy atom. The van der Waals surface area contributed by atoms with Crippen LogP contribution in [0.3, 0.4) is 0 Å². The van der Waals surface area contributed by atoms with Gasteiger partial charge in [0, 0.05) is 11.3 Å². The number of anilines is 1. The van der Waals surface area contributed by atoms with E-state index in [0.717, 1.165) is 21.9 Å². The second-order valence-corrected chi connectivity index (χ2v) is 7.02. The van der Waals surface area contributed by atoms with Gasteiger partial charge in [0.2, 0.25) is 0 Å². The fourth-order valence-electron chi connectivity index (χ4n) is 3.14. The van der Waals surface area contributed by atoms with Crippen molar-refractivity contribution in [3.8, 4) is 5.75 Å². The lowest BCUT2D eigenvalue weighted by Gasteiger charge is -2.08. The number of hydrazone groups is 1. The summed E-state index contributed by atoms with van der Waals surface area (Å²) in [5.41, 5.74) is 4.64. The van der Waals surface area contributed by atoms with Crippen molar-refractivity contribution >= 4 is 34.5 Å². The molecule has 6 nitrogen and oxygen atoms in total. The first kappa shape index (κ1) is 20.8.